The number of hydrogen-bond donors (Lipinski definition) is 0. The highest BCUT2D eigenvalue weighted by Gasteiger charge is 2.11. The first-order valence-electron chi connectivity index (χ1n) is 11.2. The minimum absolute atomic E-state index is 0.0453. The maximum absolute atomic E-state index is 12.2. The van der Waals surface area contributed by atoms with E-state index in [0.29, 0.717) is 5.56 Å². The Morgan fingerprint density at radius 1 is 0.793 bits per heavy atom. The molecule has 0 aliphatic rings. The predicted molar refractivity (Wildman–Crippen MR) is 121 cm³/mol. The van der Waals surface area contributed by atoms with Crippen LogP contribution in [-0.4, -0.2) is 18.7 Å². The Bertz CT molecular complexity index is 704. The standard InChI is InChI=1S/C26H36O3/c1-4-6-7-8-9-10-20-28-25-18-16-23(17-19-25)22-12-14-24(15-13-22)26(27)29-21(3)11-5-2/h12-19,21H,4-11,20H2,1-3H3/t21-/m1/s1. The van der Waals surface area contributed by atoms with Gasteiger partial charge in [0, 0.05) is 0 Å². The third-order valence-electron chi connectivity index (χ3n) is 5.08. The second-order valence-electron chi connectivity index (χ2n) is 7.72. The van der Waals surface area contributed by atoms with E-state index < -0.39 is 0 Å². The zero-order chi connectivity index (χ0) is 20.9. The van der Waals surface area contributed by atoms with Gasteiger partial charge in [-0.05, 0) is 55.2 Å². The molecule has 29 heavy (non-hydrogen) atoms. The van der Waals surface area contributed by atoms with Gasteiger partial charge in [-0.1, -0.05) is 76.6 Å². The second-order valence-corrected chi connectivity index (χ2v) is 7.72. The van der Waals surface area contributed by atoms with Crippen molar-refractivity contribution in [3.05, 3.63) is 54.1 Å². The van der Waals surface area contributed by atoms with Crippen LogP contribution in [0, 0.1) is 0 Å². The van der Waals surface area contributed by atoms with E-state index in [1.54, 1.807) is 0 Å². The Labute approximate surface area is 176 Å². The zero-order valence-corrected chi connectivity index (χ0v) is 18.3. The molecule has 0 heterocycles. The van der Waals surface area contributed by atoms with Gasteiger partial charge in [-0.15, -0.1) is 0 Å². The molecule has 0 bridgehead atoms. The number of benzene rings is 2. The summed E-state index contributed by atoms with van der Waals surface area (Å²) in [6.07, 6.45) is 9.45. The number of unbranched alkanes of at least 4 members (excludes halogenated alkanes) is 5. The van der Waals surface area contributed by atoms with Crippen LogP contribution >= 0.6 is 0 Å². The second kappa shape index (κ2) is 13.0. The molecular weight excluding hydrogens is 360 g/mol. The molecule has 0 amide bonds. The quantitative estimate of drug-likeness (QED) is 0.261. The van der Waals surface area contributed by atoms with E-state index in [4.69, 9.17) is 9.47 Å². The number of carbonyl (C=O) groups is 1. The highest BCUT2D eigenvalue weighted by Crippen LogP contribution is 2.23. The Morgan fingerprint density at radius 3 is 2.00 bits per heavy atom. The Morgan fingerprint density at radius 2 is 1.38 bits per heavy atom. The number of esters is 1. The highest BCUT2D eigenvalue weighted by atomic mass is 16.5. The van der Waals surface area contributed by atoms with Gasteiger partial charge in [-0.3, -0.25) is 0 Å². The lowest BCUT2D eigenvalue weighted by Crippen LogP contribution is -2.14. The molecule has 0 saturated carbocycles. The molecule has 3 nitrogen and oxygen atoms in total. The molecule has 0 aliphatic heterocycles. The van der Waals surface area contributed by atoms with Gasteiger partial charge in [-0.2, -0.15) is 0 Å². The molecule has 3 heteroatoms. The largest absolute Gasteiger partial charge is 0.494 e. The average Bonchev–Trinajstić information content (AvgIpc) is 2.74. The van der Waals surface area contributed by atoms with E-state index in [2.05, 4.69) is 26.0 Å². The molecule has 0 radical (unpaired) electrons. The highest BCUT2D eigenvalue weighted by molar-refractivity contribution is 5.90. The van der Waals surface area contributed by atoms with Gasteiger partial charge in [0.2, 0.25) is 0 Å². The minimum atomic E-state index is -0.254. The maximum Gasteiger partial charge on any atom is 0.338 e. The van der Waals surface area contributed by atoms with Gasteiger partial charge >= 0.3 is 5.97 Å². The Hall–Kier alpha value is -2.29. The summed E-state index contributed by atoms with van der Waals surface area (Å²) in [5.74, 6) is 0.656. The predicted octanol–water partition coefficient (Wildman–Crippen LogP) is 7.44. The molecule has 1 atom stereocenters. The van der Waals surface area contributed by atoms with E-state index in [1.165, 1.54) is 32.1 Å². The molecule has 158 valence electrons. The molecule has 0 unspecified atom stereocenters. The van der Waals surface area contributed by atoms with Crippen LogP contribution < -0.4 is 4.74 Å². The van der Waals surface area contributed by atoms with Gasteiger partial charge in [0.1, 0.15) is 5.75 Å². The normalized spacial score (nSPS) is 11.8. The molecule has 2 aromatic carbocycles. The van der Waals surface area contributed by atoms with Gasteiger partial charge in [0.25, 0.3) is 0 Å². The van der Waals surface area contributed by atoms with Gasteiger partial charge in [-0.25, -0.2) is 4.79 Å². The zero-order valence-electron chi connectivity index (χ0n) is 18.3. The summed E-state index contributed by atoms with van der Waals surface area (Å²) in [7, 11) is 0. The van der Waals surface area contributed by atoms with Crippen molar-refractivity contribution in [3.8, 4) is 16.9 Å². The summed E-state index contributed by atoms with van der Waals surface area (Å²) in [5.41, 5.74) is 2.78. The third kappa shape index (κ3) is 8.31. The molecule has 0 N–H and O–H groups in total. The van der Waals surface area contributed by atoms with Crippen LogP contribution in [0.2, 0.25) is 0 Å². The third-order valence-corrected chi connectivity index (χ3v) is 5.08. The summed E-state index contributed by atoms with van der Waals surface area (Å²) in [6.45, 7) is 7.04. The summed E-state index contributed by atoms with van der Waals surface area (Å²) in [6, 6.07) is 15.8. The minimum Gasteiger partial charge on any atom is -0.494 e. The first kappa shape index (κ1) is 23.0. The van der Waals surface area contributed by atoms with Crippen LogP contribution in [0.25, 0.3) is 11.1 Å². The molecule has 2 aromatic rings. The number of hydrogen-bond acceptors (Lipinski definition) is 3. The van der Waals surface area contributed by atoms with Crippen LogP contribution in [0.1, 0.15) is 82.5 Å². The number of ether oxygens (including phenoxy) is 2. The maximum atomic E-state index is 12.2. The van der Waals surface area contributed by atoms with Gasteiger partial charge in [0.15, 0.2) is 0 Å². The van der Waals surface area contributed by atoms with E-state index in [-0.39, 0.29) is 12.1 Å². The van der Waals surface area contributed by atoms with E-state index in [0.717, 1.165) is 42.7 Å². The van der Waals surface area contributed by atoms with Gasteiger partial charge < -0.3 is 9.47 Å². The molecule has 0 aromatic heterocycles. The molecular formula is C26H36O3. The first-order chi connectivity index (χ1) is 14.1. The van der Waals surface area contributed by atoms with Crippen LogP contribution in [0.3, 0.4) is 0 Å². The van der Waals surface area contributed by atoms with Crippen molar-refractivity contribution in [2.24, 2.45) is 0 Å². The summed E-state index contributed by atoms with van der Waals surface area (Å²) in [5, 5.41) is 0. The lowest BCUT2D eigenvalue weighted by molar-refractivity contribution is 0.0323. The monoisotopic (exact) mass is 396 g/mol. The van der Waals surface area contributed by atoms with E-state index in [1.807, 2.05) is 43.3 Å². The van der Waals surface area contributed by atoms with Crippen molar-refractivity contribution in [3.63, 3.8) is 0 Å². The van der Waals surface area contributed by atoms with Crippen molar-refractivity contribution >= 4 is 5.97 Å². The lowest BCUT2D eigenvalue weighted by atomic mass is 10.0. The molecule has 0 spiro atoms. The summed E-state index contributed by atoms with van der Waals surface area (Å²) < 4.78 is 11.3. The SMILES string of the molecule is CCCCCCCCOc1ccc(-c2ccc(C(=O)O[C@H](C)CCC)cc2)cc1. The molecule has 0 fully saturated rings. The summed E-state index contributed by atoms with van der Waals surface area (Å²) in [4.78, 5) is 12.2. The van der Waals surface area contributed by atoms with Crippen molar-refractivity contribution in [1.82, 2.24) is 0 Å². The van der Waals surface area contributed by atoms with Crippen LogP contribution in [0.5, 0.6) is 5.75 Å². The van der Waals surface area contributed by atoms with Crippen molar-refractivity contribution in [1.29, 1.82) is 0 Å². The number of rotatable bonds is 13. The number of carbonyl (C=O) groups excluding carboxylic acids is 1. The van der Waals surface area contributed by atoms with Crippen molar-refractivity contribution in [2.45, 2.75) is 78.2 Å². The van der Waals surface area contributed by atoms with E-state index >= 15 is 0 Å². The first-order valence-corrected chi connectivity index (χ1v) is 11.2. The van der Waals surface area contributed by atoms with Gasteiger partial charge in [0.05, 0.1) is 18.3 Å². The molecule has 2 rings (SSSR count). The van der Waals surface area contributed by atoms with Crippen molar-refractivity contribution in [2.75, 3.05) is 6.61 Å². The smallest absolute Gasteiger partial charge is 0.338 e. The topological polar surface area (TPSA) is 35.5 Å². The fraction of sp³-hybridized carbons (Fsp3) is 0.500. The van der Waals surface area contributed by atoms with E-state index in [9.17, 15) is 4.79 Å². The Balaban J connectivity index is 1.81. The average molecular weight is 397 g/mol. The fourth-order valence-electron chi connectivity index (χ4n) is 3.33. The summed E-state index contributed by atoms with van der Waals surface area (Å²) >= 11 is 0. The molecule has 0 saturated heterocycles. The van der Waals surface area contributed by atoms with Crippen LogP contribution in [-0.2, 0) is 4.74 Å². The lowest BCUT2D eigenvalue weighted by Gasteiger charge is -2.12. The van der Waals surface area contributed by atoms with Crippen molar-refractivity contribution < 1.29 is 14.3 Å². The fourth-order valence-corrected chi connectivity index (χ4v) is 3.33. The van der Waals surface area contributed by atoms with Crippen LogP contribution in [0.15, 0.2) is 48.5 Å². The molecule has 0 aliphatic carbocycles. The Kier molecular flexibility index (Phi) is 10.3. The van der Waals surface area contributed by atoms with Crippen LogP contribution in [0.4, 0.5) is 0 Å².